The van der Waals surface area contributed by atoms with Crippen molar-refractivity contribution < 1.29 is 14.2 Å². The van der Waals surface area contributed by atoms with Crippen LogP contribution in [0, 0.1) is 0 Å². The maximum Gasteiger partial charge on any atom is 0.163 e. The summed E-state index contributed by atoms with van der Waals surface area (Å²) in [5, 5.41) is 4.34. The number of nitrogens with one attached hydrogen (secondary N) is 1. The number of benzene rings is 4. The van der Waals surface area contributed by atoms with Crippen molar-refractivity contribution >= 4 is 22.3 Å². The van der Waals surface area contributed by atoms with Gasteiger partial charge in [0.05, 0.1) is 19.2 Å². The van der Waals surface area contributed by atoms with Crippen molar-refractivity contribution in [1.29, 1.82) is 0 Å². The molecule has 6 heteroatoms. The highest BCUT2D eigenvalue weighted by Crippen LogP contribution is 2.37. The van der Waals surface area contributed by atoms with Crippen LogP contribution >= 0.6 is 0 Å². The average molecular weight is 616 g/mol. The van der Waals surface area contributed by atoms with Gasteiger partial charge in [-0.3, -0.25) is 4.98 Å². The molecule has 1 aromatic heterocycles. The quantitative estimate of drug-likeness (QED) is 0.149. The van der Waals surface area contributed by atoms with Gasteiger partial charge in [-0.05, 0) is 103 Å². The molecule has 0 amide bonds. The summed E-state index contributed by atoms with van der Waals surface area (Å²) in [6.07, 6.45) is 5.16. The molecule has 1 fully saturated rings. The monoisotopic (exact) mass is 615 g/mol. The van der Waals surface area contributed by atoms with Gasteiger partial charge in [0.1, 0.15) is 11.5 Å². The molecule has 0 radical (unpaired) electrons. The number of ether oxygens (including phenoxy) is 3. The first-order valence-corrected chi connectivity index (χ1v) is 16.4. The molecular formula is C40H45N3O3. The zero-order valence-corrected chi connectivity index (χ0v) is 27.5. The van der Waals surface area contributed by atoms with Crippen LogP contribution in [0.3, 0.4) is 0 Å². The Labute approximate surface area is 273 Å². The summed E-state index contributed by atoms with van der Waals surface area (Å²) in [7, 11) is 1.67. The number of likely N-dealkylation sites (tertiary alicyclic amines) is 1. The van der Waals surface area contributed by atoms with Crippen LogP contribution in [0.2, 0.25) is 0 Å². The van der Waals surface area contributed by atoms with Gasteiger partial charge in [-0.2, -0.15) is 0 Å². The van der Waals surface area contributed by atoms with E-state index in [0.29, 0.717) is 29.8 Å². The minimum absolute atomic E-state index is 0.133. The topological polar surface area (TPSA) is 55.9 Å². The number of nitrogens with zero attached hydrogens (tertiary/aromatic N) is 2. The second-order valence-corrected chi connectivity index (χ2v) is 13.1. The Morgan fingerprint density at radius 3 is 2.17 bits per heavy atom. The third-order valence-corrected chi connectivity index (χ3v) is 8.84. The highest BCUT2D eigenvalue weighted by atomic mass is 16.5. The molecule has 0 bridgehead atoms. The predicted molar refractivity (Wildman–Crippen MR) is 188 cm³/mol. The van der Waals surface area contributed by atoms with Crippen molar-refractivity contribution in [3.05, 3.63) is 114 Å². The summed E-state index contributed by atoms with van der Waals surface area (Å²) in [4.78, 5) is 7.16. The minimum atomic E-state index is 0.133. The Kier molecular flexibility index (Phi) is 9.74. The first-order valence-electron chi connectivity index (χ1n) is 16.4. The number of piperidine rings is 1. The predicted octanol–water partition coefficient (Wildman–Crippen LogP) is 9.73. The van der Waals surface area contributed by atoms with Gasteiger partial charge in [-0.25, -0.2) is 0 Å². The van der Waals surface area contributed by atoms with Gasteiger partial charge in [-0.1, -0.05) is 63.2 Å². The molecular weight excluding hydrogens is 570 g/mol. The van der Waals surface area contributed by atoms with Crippen LogP contribution < -0.4 is 19.5 Å². The molecule has 5 aromatic rings. The highest BCUT2D eigenvalue weighted by Gasteiger charge is 2.20. The van der Waals surface area contributed by atoms with E-state index in [0.717, 1.165) is 54.1 Å². The van der Waals surface area contributed by atoms with E-state index in [4.69, 9.17) is 14.2 Å². The molecule has 1 saturated heterocycles. The molecule has 46 heavy (non-hydrogen) atoms. The van der Waals surface area contributed by atoms with Crippen LogP contribution in [0.25, 0.3) is 10.9 Å². The van der Waals surface area contributed by atoms with Crippen LogP contribution in [0.4, 0.5) is 11.4 Å². The lowest BCUT2D eigenvalue weighted by Crippen LogP contribution is -2.34. The molecule has 1 aliphatic heterocycles. The Morgan fingerprint density at radius 1 is 0.804 bits per heavy atom. The molecule has 6 nitrogen and oxygen atoms in total. The number of anilines is 2. The van der Waals surface area contributed by atoms with Gasteiger partial charge in [0, 0.05) is 35.6 Å². The summed E-state index contributed by atoms with van der Waals surface area (Å²) < 4.78 is 18.3. The van der Waals surface area contributed by atoms with E-state index in [-0.39, 0.29) is 5.41 Å². The number of aromatic nitrogens is 1. The normalized spacial score (nSPS) is 14.3. The number of rotatable bonds is 11. The fourth-order valence-corrected chi connectivity index (χ4v) is 6.13. The summed E-state index contributed by atoms with van der Waals surface area (Å²) in [5.41, 5.74) is 5.76. The van der Waals surface area contributed by atoms with Crippen LogP contribution in [0.5, 0.6) is 23.0 Å². The first-order chi connectivity index (χ1) is 22.4. The average Bonchev–Trinajstić information content (AvgIpc) is 3.08. The Hall–Kier alpha value is -4.55. The van der Waals surface area contributed by atoms with Gasteiger partial charge in [0.25, 0.3) is 0 Å². The zero-order valence-electron chi connectivity index (χ0n) is 27.5. The van der Waals surface area contributed by atoms with Gasteiger partial charge in [-0.15, -0.1) is 0 Å². The molecule has 0 spiro atoms. The summed E-state index contributed by atoms with van der Waals surface area (Å²) >= 11 is 0. The number of pyridine rings is 1. The third-order valence-electron chi connectivity index (χ3n) is 8.84. The number of methoxy groups -OCH3 is 1. The zero-order chi connectivity index (χ0) is 31.9. The van der Waals surface area contributed by atoms with Crippen molar-refractivity contribution in [2.75, 3.05) is 38.7 Å². The Bertz CT molecular complexity index is 1710. The van der Waals surface area contributed by atoms with Crippen LogP contribution in [-0.4, -0.2) is 43.2 Å². The lowest BCUT2D eigenvalue weighted by Gasteiger charge is -2.32. The molecule has 1 aliphatic rings. The van der Waals surface area contributed by atoms with Gasteiger partial charge in [0.15, 0.2) is 11.5 Å². The fraction of sp³-hybridized carbons (Fsp3) is 0.325. The van der Waals surface area contributed by atoms with E-state index in [1.54, 1.807) is 13.3 Å². The number of hydrogen-bond acceptors (Lipinski definition) is 6. The smallest absolute Gasteiger partial charge is 0.163 e. The Morgan fingerprint density at radius 2 is 1.50 bits per heavy atom. The molecule has 0 aliphatic carbocycles. The fourth-order valence-electron chi connectivity index (χ4n) is 6.13. The molecule has 6 rings (SSSR count). The molecule has 0 atom stereocenters. The maximum atomic E-state index is 6.32. The lowest BCUT2D eigenvalue weighted by atomic mass is 9.87. The van der Waals surface area contributed by atoms with Crippen molar-refractivity contribution in [1.82, 2.24) is 9.88 Å². The second kappa shape index (κ2) is 14.3. The summed E-state index contributed by atoms with van der Waals surface area (Å²) in [5.74, 6) is 3.51. The maximum absolute atomic E-state index is 6.32. The molecule has 238 valence electrons. The molecule has 1 N–H and O–H groups in total. The number of hydrogen-bond donors (Lipinski definition) is 1. The summed E-state index contributed by atoms with van der Waals surface area (Å²) in [6, 6.07) is 33.3. The molecule has 4 aromatic carbocycles. The van der Waals surface area contributed by atoms with E-state index >= 15 is 0 Å². The molecule has 0 saturated carbocycles. The van der Waals surface area contributed by atoms with E-state index in [1.807, 2.05) is 42.5 Å². The van der Waals surface area contributed by atoms with Crippen molar-refractivity contribution in [3.8, 4) is 23.0 Å². The minimum Gasteiger partial charge on any atom is -0.493 e. The van der Waals surface area contributed by atoms with Gasteiger partial charge < -0.3 is 24.4 Å². The second-order valence-electron chi connectivity index (χ2n) is 13.1. The lowest BCUT2D eigenvalue weighted by molar-refractivity contribution is 0.191. The van der Waals surface area contributed by atoms with Gasteiger partial charge in [0.2, 0.25) is 0 Å². The number of fused-ring (bicyclic) bond motifs is 1. The highest BCUT2D eigenvalue weighted by molar-refractivity contribution is 5.88. The Balaban J connectivity index is 1.04. The standard InChI is InChI=1S/C40H45N3O3/c1-40(2,3)31-11-13-32(14-12-31)42-33-15-17-34(18-16-33)46-37-19-22-41-36-28-39(38(44-4)27-35(36)37)45-26-8-23-43-24-20-30(21-25-43)29-9-6-5-7-10-29/h5-7,9-19,22,27-28,30,42H,8,20-21,23-26H2,1-4H3. The van der Waals surface area contributed by atoms with Crippen LogP contribution in [0.15, 0.2) is 103 Å². The first kappa shape index (κ1) is 31.4. The largest absolute Gasteiger partial charge is 0.493 e. The van der Waals surface area contributed by atoms with Crippen LogP contribution in [0.1, 0.15) is 57.1 Å². The van der Waals surface area contributed by atoms with E-state index in [2.05, 4.69) is 90.6 Å². The van der Waals surface area contributed by atoms with E-state index < -0.39 is 0 Å². The summed E-state index contributed by atoms with van der Waals surface area (Å²) in [6.45, 7) is 10.6. The van der Waals surface area contributed by atoms with Crippen molar-refractivity contribution in [2.24, 2.45) is 0 Å². The van der Waals surface area contributed by atoms with Gasteiger partial charge >= 0.3 is 0 Å². The van der Waals surface area contributed by atoms with Crippen molar-refractivity contribution in [2.45, 2.75) is 51.4 Å². The van der Waals surface area contributed by atoms with E-state index in [1.165, 1.54) is 24.0 Å². The van der Waals surface area contributed by atoms with Crippen LogP contribution in [-0.2, 0) is 5.41 Å². The molecule has 0 unspecified atom stereocenters. The van der Waals surface area contributed by atoms with Crippen molar-refractivity contribution in [3.63, 3.8) is 0 Å². The van der Waals surface area contributed by atoms with E-state index in [9.17, 15) is 0 Å². The molecule has 2 heterocycles. The third kappa shape index (κ3) is 7.80. The SMILES string of the molecule is COc1cc2c(Oc3ccc(Nc4ccc(C(C)(C)C)cc4)cc3)ccnc2cc1OCCCN1CCC(c2ccccc2)CC1.